The number of nitrogens with one attached hydrogen (secondary N) is 2. The van der Waals surface area contributed by atoms with E-state index in [1.807, 2.05) is 18.6 Å². The first kappa shape index (κ1) is 15.9. The van der Waals surface area contributed by atoms with Crippen LogP contribution in [0, 0.1) is 0 Å². The van der Waals surface area contributed by atoms with Crippen LogP contribution in [0.3, 0.4) is 0 Å². The summed E-state index contributed by atoms with van der Waals surface area (Å²) >= 11 is 1.48. The van der Waals surface area contributed by atoms with Crippen LogP contribution in [0.2, 0.25) is 0 Å². The number of hydrogen-bond acceptors (Lipinski definition) is 5. The number of aromatic nitrogens is 3. The molecule has 0 spiro atoms. The maximum atomic E-state index is 12.3. The summed E-state index contributed by atoms with van der Waals surface area (Å²) in [5.74, 6) is 0.493. The Kier molecular flexibility index (Phi) is 4.97. The summed E-state index contributed by atoms with van der Waals surface area (Å²) in [6.45, 7) is 0. The quantitative estimate of drug-likeness (QED) is 0.882. The monoisotopic (exact) mass is 327 g/mol. The molecule has 6 nitrogen and oxygen atoms in total. The van der Waals surface area contributed by atoms with Crippen LogP contribution >= 0.6 is 23.7 Å². The minimum absolute atomic E-state index is 0. The fourth-order valence-electron chi connectivity index (χ4n) is 2.13. The van der Waals surface area contributed by atoms with Crippen molar-refractivity contribution in [2.45, 2.75) is 24.8 Å². The number of rotatable bonds is 5. The molecule has 2 heterocycles. The lowest BCUT2D eigenvalue weighted by atomic mass is 10.1. The average Bonchev–Trinajstić information content (AvgIpc) is 3.03. The molecule has 3 rings (SSSR count). The third-order valence-corrected chi connectivity index (χ3v) is 4.13. The van der Waals surface area contributed by atoms with Crippen LogP contribution in [0.1, 0.15) is 36.1 Å². The summed E-state index contributed by atoms with van der Waals surface area (Å²) in [7, 11) is 3.59. The zero-order chi connectivity index (χ0) is 14.1. The van der Waals surface area contributed by atoms with Crippen molar-refractivity contribution in [1.82, 2.24) is 20.1 Å². The molecule has 1 unspecified atom stereocenters. The van der Waals surface area contributed by atoms with Crippen molar-refractivity contribution in [3.8, 4) is 0 Å². The van der Waals surface area contributed by atoms with Gasteiger partial charge in [0.2, 0.25) is 5.91 Å². The number of thiazole rings is 1. The molecule has 2 N–H and O–H groups in total. The maximum absolute atomic E-state index is 12.3. The Morgan fingerprint density at radius 1 is 1.52 bits per heavy atom. The molecular formula is C13H18ClN5OS. The van der Waals surface area contributed by atoms with Crippen molar-refractivity contribution in [3.05, 3.63) is 29.0 Å². The summed E-state index contributed by atoms with van der Waals surface area (Å²) in [5.41, 5.74) is 1.94. The highest BCUT2D eigenvalue weighted by Gasteiger charge is 2.27. The first-order valence-corrected chi connectivity index (χ1v) is 7.47. The lowest BCUT2D eigenvalue weighted by Crippen LogP contribution is -2.30. The van der Waals surface area contributed by atoms with E-state index < -0.39 is 6.04 Å². The molecular weight excluding hydrogens is 310 g/mol. The normalized spacial score (nSPS) is 15.3. The average molecular weight is 328 g/mol. The van der Waals surface area contributed by atoms with E-state index in [2.05, 4.69) is 20.7 Å². The number of carbonyl (C=O) groups is 1. The fourth-order valence-corrected chi connectivity index (χ4v) is 2.92. The molecule has 2 aromatic heterocycles. The number of hydrogen-bond donors (Lipinski definition) is 2. The molecule has 8 heteroatoms. The summed E-state index contributed by atoms with van der Waals surface area (Å²) in [4.78, 5) is 16.8. The number of nitrogens with zero attached hydrogens (tertiary/aromatic N) is 3. The second kappa shape index (κ2) is 6.55. The van der Waals surface area contributed by atoms with Crippen LogP contribution < -0.4 is 10.6 Å². The number of anilines is 1. The zero-order valence-corrected chi connectivity index (χ0v) is 13.5. The summed E-state index contributed by atoms with van der Waals surface area (Å²) < 4.78 is 1.68. The van der Waals surface area contributed by atoms with E-state index in [1.165, 1.54) is 24.2 Å². The Morgan fingerprint density at radius 3 is 2.86 bits per heavy atom. The van der Waals surface area contributed by atoms with Crippen LogP contribution in [0.5, 0.6) is 0 Å². The fraction of sp³-hybridized carbons (Fsp3) is 0.462. The molecule has 0 aromatic carbocycles. The highest BCUT2D eigenvalue weighted by atomic mass is 35.5. The Morgan fingerprint density at radius 2 is 2.29 bits per heavy atom. The van der Waals surface area contributed by atoms with Gasteiger partial charge in [0, 0.05) is 30.1 Å². The number of likely N-dealkylation sites (N-methyl/N-ethyl adjacent to an activating group) is 1. The van der Waals surface area contributed by atoms with Gasteiger partial charge in [0.25, 0.3) is 0 Å². The van der Waals surface area contributed by atoms with Gasteiger partial charge < -0.3 is 10.6 Å². The lowest BCUT2D eigenvalue weighted by molar-refractivity contribution is -0.118. The predicted molar refractivity (Wildman–Crippen MR) is 85.0 cm³/mol. The van der Waals surface area contributed by atoms with Gasteiger partial charge in [0.1, 0.15) is 6.04 Å². The van der Waals surface area contributed by atoms with Crippen molar-refractivity contribution in [2.75, 3.05) is 12.4 Å². The highest BCUT2D eigenvalue weighted by Crippen LogP contribution is 2.40. The van der Waals surface area contributed by atoms with Crippen molar-refractivity contribution < 1.29 is 4.79 Å². The Bertz CT molecular complexity index is 622. The first-order valence-electron chi connectivity index (χ1n) is 6.59. The Balaban J connectivity index is 0.00000161. The number of amides is 1. The van der Waals surface area contributed by atoms with Gasteiger partial charge >= 0.3 is 0 Å². The summed E-state index contributed by atoms with van der Waals surface area (Å²) in [6.07, 6.45) is 5.95. The summed E-state index contributed by atoms with van der Waals surface area (Å²) in [6, 6.07) is -0.419. The van der Waals surface area contributed by atoms with Crippen molar-refractivity contribution in [3.63, 3.8) is 0 Å². The van der Waals surface area contributed by atoms with E-state index in [-0.39, 0.29) is 18.3 Å². The molecule has 1 amide bonds. The van der Waals surface area contributed by atoms with Crippen LogP contribution in [-0.4, -0.2) is 27.7 Å². The number of aryl methyl sites for hydroxylation is 1. The van der Waals surface area contributed by atoms with Crippen LogP contribution in [0.25, 0.3) is 0 Å². The van der Waals surface area contributed by atoms with Gasteiger partial charge in [-0.25, -0.2) is 4.98 Å². The Labute approximate surface area is 133 Å². The smallest absolute Gasteiger partial charge is 0.247 e. The predicted octanol–water partition coefficient (Wildman–Crippen LogP) is 2.07. The molecule has 2 aromatic rings. The van der Waals surface area contributed by atoms with Crippen LogP contribution in [0.4, 0.5) is 5.13 Å². The van der Waals surface area contributed by atoms with Gasteiger partial charge in [-0.3, -0.25) is 9.48 Å². The van der Waals surface area contributed by atoms with Crippen LogP contribution in [-0.2, 0) is 11.8 Å². The van der Waals surface area contributed by atoms with Gasteiger partial charge in [0.05, 0.1) is 11.9 Å². The van der Waals surface area contributed by atoms with Gasteiger partial charge in [-0.05, 0) is 19.9 Å². The van der Waals surface area contributed by atoms with E-state index in [4.69, 9.17) is 0 Å². The molecule has 114 valence electrons. The third-order valence-electron chi connectivity index (χ3n) is 3.36. The largest absolute Gasteiger partial charge is 0.305 e. The second-order valence-corrected chi connectivity index (χ2v) is 5.87. The van der Waals surface area contributed by atoms with E-state index >= 15 is 0 Å². The molecule has 0 saturated heterocycles. The van der Waals surface area contributed by atoms with Crippen molar-refractivity contribution in [2.24, 2.45) is 7.05 Å². The van der Waals surface area contributed by atoms with Crippen molar-refractivity contribution >= 4 is 34.8 Å². The Hall–Kier alpha value is -1.44. The highest BCUT2D eigenvalue weighted by molar-refractivity contribution is 7.13. The SMILES string of the molecule is CNC(C(=O)Nc1nc(C2CC2)cs1)c1cnn(C)c1.Cl. The van der Waals surface area contributed by atoms with E-state index in [0.29, 0.717) is 11.0 Å². The molecule has 0 radical (unpaired) electrons. The van der Waals surface area contributed by atoms with E-state index in [0.717, 1.165) is 11.3 Å². The van der Waals surface area contributed by atoms with E-state index in [9.17, 15) is 4.79 Å². The molecule has 21 heavy (non-hydrogen) atoms. The molecule has 1 aliphatic carbocycles. The van der Waals surface area contributed by atoms with Crippen molar-refractivity contribution in [1.29, 1.82) is 0 Å². The van der Waals surface area contributed by atoms with Crippen LogP contribution in [0.15, 0.2) is 17.8 Å². The van der Waals surface area contributed by atoms with Gasteiger partial charge in [-0.2, -0.15) is 5.10 Å². The minimum Gasteiger partial charge on any atom is -0.305 e. The molecule has 0 aliphatic heterocycles. The molecule has 0 bridgehead atoms. The third kappa shape index (κ3) is 3.61. The first-order chi connectivity index (χ1) is 9.67. The van der Waals surface area contributed by atoms with Gasteiger partial charge in [-0.1, -0.05) is 0 Å². The molecule has 1 saturated carbocycles. The molecule has 1 aliphatic rings. The topological polar surface area (TPSA) is 71.8 Å². The number of halogens is 1. The maximum Gasteiger partial charge on any atom is 0.247 e. The summed E-state index contributed by atoms with van der Waals surface area (Å²) in [5, 5.41) is 12.7. The van der Waals surface area contributed by atoms with Gasteiger partial charge in [-0.15, -0.1) is 23.7 Å². The lowest BCUT2D eigenvalue weighted by Gasteiger charge is -2.12. The molecule has 1 atom stereocenters. The van der Waals surface area contributed by atoms with E-state index in [1.54, 1.807) is 17.9 Å². The second-order valence-electron chi connectivity index (χ2n) is 5.01. The molecule has 1 fully saturated rings. The minimum atomic E-state index is -0.419. The standard InChI is InChI=1S/C13H17N5OS.ClH/c1-14-11(9-5-15-18(2)6-9)12(19)17-13-16-10(7-20-13)8-3-4-8;/h5-8,11,14H,3-4H2,1-2H3,(H,16,17,19);1H. The zero-order valence-electron chi connectivity index (χ0n) is 11.9. The van der Waals surface area contributed by atoms with Gasteiger partial charge in [0.15, 0.2) is 5.13 Å². The number of carbonyl (C=O) groups excluding carboxylic acids is 1.